The second kappa shape index (κ2) is 6.45. The van der Waals surface area contributed by atoms with Crippen LogP contribution < -0.4 is 0 Å². The van der Waals surface area contributed by atoms with Crippen molar-refractivity contribution in [3.63, 3.8) is 0 Å². The van der Waals surface area contributed by atoms with Gasteiger partial charge < -0.3 is 5.11 Å². The summed E-state index contributed by atoms with van der Waals surface area (Å²) < 4.78 is 37.5. The molecule has 1 saturated carbocycles. The number of halogens is 3. The number of likely N-dealkylation sites (tertiary alicyclic amines) is 1. The third-order valence-electron chi connectivity index (χ3n) is 5.10. The summed E-state index contributed by atoms with van der Waals surface area (Å²) in [6.07, 6.45) is -1.32. The summed E-state index contributed by atoms with van der Waals surface area (Å²) in [6.45, 7) is 4.72. The summed E-state index contributed by atoms with van der Waals surface area (Å²) in [6, 6.07) is -0.468. The maximum atomic E-state index is 12.5. The van der Waals surface area contributed by atoms with Gasteiger partial charge in [0.05, 0.1) is 18.4 Å². The molecule has 1 aliphatic carbocycles. The van der Waals surface area contributed by atoms with Gasteiger partial charge in [0.1, 0.15) is 5.69 Å². The smallest absolute Gasteiger partial charge is 0.434 e. The van der Waals surface area contributed by atoms with E-state index in [0.717, 1.165) is 19.0 Å². The van der Waals surface area contributed by atoms with E-state index in [0.29, 0.717) is 31.0 Å². The van der Waals surface area contributed by atoms with Gasteiger partial charge in [0, 0.05) is 6.54 Å². The number of nitrogens with zero attached hydrogens (tertiary/aromatic N) is 3. The maximum Gasteiger partial charge on any atom is 0.434 e. The van der Waals surface area contributed by atoms with Crippen molar-refractivity contribution in [1.29, 1.82) is 0 Å². The third-order valence-corrected chi connectivity index (χ3v) is 5.10. The molecular formula is C18H20F3N3O2. The molecule has 8 heteroatoms. The van der Waals surface area contributed by atoms with E-state index in [4.69, 9.17) is 0 Å². The van der Waals surface area contributed by atoms with Crippen LogP contribution in [0.5, 0.6) is 0 Å². The fraction of sp³-hybridized carbons (Fsp3) is 0.611. The fourth-order valence-corrected chi connectivity index (χ4v) is 3.97. The molecule has 1 saturated heterocycles. The molecule has 1 amide bonds. The lowest BCUT2D eigenvalue weighted by atomic mass is 9.86. The van der Waals surface area contributed by atoms with Crippen LogP contribution in [0.15, 0.2) is 12.4 Å². The molecule has 140 valence electrons. The predicted molar refractivity (Wildman–Crippen MR) is 87.0 cm³/mol. The van der Waals surface area contributed by atoms with E-state index in [1.165, 1.54) is 4.90 Å². The zero-order valence-corrected chi connectivity index (χ0v) is 14.5. The molecule has 0 aromatic carbocycles. The van der Waals surface area contributed by atoms with Crippen LogP contribution in [0.4, 0.5) is 18.0 Å². The van der Waals surface area contributed by atoms with Gasteiger partial charge in [-0.2, -0.15) is 13.2 Å². The number of amides is 1. The second-order valence-corrected chi connectivity index (χ2v) is 7.58. The van der Waals surface area contributed by atoms with E-state index in [2.05, 4.69) is 35.7 Å². The van der Waals surface area contributed by atoms with Gasteiger partial charge in [-0.3, -0.25) is 4.90 Å². The van der Waals surface area contributed by atoms with E-state index in [1.807, 2.05) is 0 Å². The molecule has 0 spiro atoms. The standard InChI is InChI=1S/C18H20F3N3O2/c1-11(2)6-17-7-12(17)5-14(24(10-17)16(25)26)4-3-13-8-23-15(9-22-13)18(19,20)21/h8-9,11-12,14H,5-7,10H2,1-2H3,(H,25,26)/t12-,14+,17-/m0/s1. The highest BCUT2D eigenvalue weighted by Crippen LogP contribution is 2.61. The molecular weight excluding hydrogens is 347 g/mol. The number of hydrogen-bond donors (Lipinski definition) is 1. The largest absolute Gasteiger partial charge is 0.465 e. The van der Waals surface area contributed by atoms with E-state index in [1.54, 1.807) is 0 Å². The van der Waals surface area contributed by atoms with Gasteiger partial charge >= 0.3 is 12.3 Å². The Bertz CT molecular complexity index is 752. The molecule has 1 aliphatic heterocycles. The SMILES string of the molecule is CC(C)C[C@@]12C[C@@H]1C[C@@H](C#Cc1cnc(C(F)(F)F)cn1)N(C(=O)O)C2. The zero-order chi connectivity index (χ0) is 19.1. The number of hydrogen-bond acceptors (Lipinski definition) is 3. The summed E-state index contributed by atoms with van der Waals surface area (Å²) in [5.74, 6) is 6.50. The van der Waals surface area contributed by atoms with E-state index in [-0.39, 0.29) is 11.1 Å². The van der Waals surface area contributed by atoms with Gasteiger partial charge in [0.25, 0.3) is 0 Å². The molecule has 2 aliphatic rings. The van der Waals surface area contributed by atoms with E-state index in [9.17, 15) is 23.1 Å². The molecule has 1 aromatic rings. The summed E-state index contributed by atoms with van der Waals surface area (Å²) in [5, 5.41) is 9.52. The molecule has 0 bridgehead atoms. The zero-order valence-electron chi connectivity index (χ0n) is 14.5. The number of carboxylic acid groups (broad SMARTS) is 1. The highest BCUT2D eigenvalue weighted by atomic mass is 19.4. The Balaban J connectivity index is 1.74. The van der Waals surface area contributed by atoms with Crippen LogP contribution in [-0.2, 0) is 6.18 Å². The van der Waals surface area contributed by atoms with Crippen LogP contribution in [0.2, 0.25) is 0 Å². The molecule has 1 aromatic heterocycles. The minimum Gasteiger partial charge on any atom is -0.465 e. The maximum absolute atomic E-state index is 12.5. The highest BCUT2D eigenvalue weighted by molar-refractivity contribution is 5.66. The molecule has 1 N–H and O–H groups in total. The van der Waals surface area contributed by atoms with Crippen molar-refractivity contribution in [1.82, 2.24) is 14.9 Å². The van der Waals surface area contributed by atoms with Crippen molar-refractivity contribution >= 4 is 6.09 Å². The van der Waals surface area contributed by atoms with Crippen LogP contribution >= 0.6 is 0 Å². The Kier molecular flexibility index (Phi) is 4.59. The van der Waals surface area contributed by atoms with E-state index >= 15 is 0 Å². The average molecular weight is 367 g/mol. The summed E-state index contributed by atoms with van der Waals surface area (Å²) in [7, 11) is 0. The van der Waals surface area contributed by atoms with Crippen molar-refractivity contribution in [2.75, 3.05) is 6.54 Å². The molecule has 2 heterocycles. The third kappa shape index (κ3) is 3.76. The van der Waals surface area contributed by atoms with Gasteiger partial charge in [-0.25, -0.2) is 14.8 Å². The van der Waals surface area contributed by atoms with Crippen molar-refractivity contribution in [3.8, 4) is 11.8 Å². The number of carbonyl (C=O) groups is 1. The Morgan fingerprint density at radius 2 is 2.15 bits per heavy atom. The normalized spacial score (nSPS) is 27.5. The molecule has 0 unspecified atom stereocenters. The van der Waals surface area contributed by atoms with Gasteiger partial charge in [-0.1, -0.05) is 19.8 Å². The first-order valence-corrected chi connectivity index (χ1v) is 8.51. The first-order valence-electron chi connectivity index (χ1n) is 8.51. The van der Waals surface area contributed by atoms with Crippen molar-refractivity contribution < 1.29 is 23.1 Å². The first kappa shape index (κ1) is 18.5. The molecule has 26 heavy (non-hydrogen) atoms. The van der Waals surface area contributed by atoms with Crippen molar-refractivity contribution in [2.24, 2.45) is 17.3 Å². The lowest BCUT2D eigenvalue weighted by Gasteiger charge is -2.36. The van der Waals surface area contributed by atoms with Crippen molar-refractivity contribution in [3.05, 3.63) is 23.8 Å². The predicted octanol–water partition coefficient (Wildman–Crippen LogP) is 3.65. The average Bonchev–Trinajstić information content (AvgIpc) is 3.23. The van der Waals surface area contributed by atoms with Crippen LogP contribution in [-0.4, -0.2) is 38.7 Å². The van der Waals surface area contributed by atoms with Crippen LogP contribution in [0, 0.1) is 29.1 Å². The van der Waals surface area contributed by atoms with Gasteiger partial charge in [-0.15, -0.1) is 0 Å². The Morgan fingerprint density at radius 1 is 1.42 bits per heavy atom. The lowest BCUT2D eigenvalue weighted by molar-refractivity contribution is -0.141. The minimum absolute atomic E-state index is 0.0684. The van der Waals surface area contributed by atoms with Gasteiger partial charge in [-0.05, 0) is 42.4 Å². The second-order valence-electron chi connectivity index (χ2n) is 7.58. The first-order chi connectivity index (χ1) is 12.1. The minimum atomic E-state index is -4.55. The van der Waals surface area contributed by atoms with Gasteiger partial charge in [0.15, 0.2) is 5.69 Å². The Hall–Kier alpha value is -2.30. The lowest BCUT2D eigenvalue weighted by Crippen LogP contribution is -2.46. The number of rotatable bonds is 2. The van der Waals surface area contributed by atoms with E-state index < -0.39 is 24.0 Å². The number of fused-ring (bicyclic) bond motifs is 1. The number of aromatic nitrogens is 2. The molecule has 5 nitrogen and oxygen atoms in total. The Labute approximate surface area is 149 Å². The number of alkyl halides is 3. The Morgan fingerprint density at radius 3 is 2.69 bits per heavy atom. The van der Waals surface area contributed by atoms with Gasteiger partial charge in [0.2, 0.25) is 0 Å². The van der Waals surface area contributed by atoms with Crippen LogP contribution in [0.1, 0.15) is 44.5 Å². The highest BCUT2D eigenvalue weighted by Gasteiger charge is 2.59. The topological polar surface area (TPSA) is 66.3 Å². The number of piperidine rings is 1. The quantitative estimate of drug-likeness (QED) is 0.811. The van der Waals surface area contributed by atoms with Crippen LogP contribution in [0.3, 0.4) is 0 Å². The molecule has 0 radical (unpaired) electrons. The summed E-state index contributed by atoms with van der Waals surface area (Å²) >= 11 is 0. The van der Waals surface area contributed by atoms with Crippen LogP contribution in [0.25, 0.3) is 0 Å². The summed E-state index contributed by atoms with van der Waals surface area (Å²) in [5.41, 5.74) is -0.915. The van der Waals surface area contributed by atoms with Crippen molar-refractivity contribution in [2.45, 2.75) is 45.3 Å². The fourth-order valence-electron chi connectivity index (χ4n) is 3.97. The molecule has 2 fully saturated rings. The summed E-state index contributed by atoms with van der Waals surface area (Å²) in [4.78, 5) is 20.0. The molecule has 3 rings (SSSR count). The molecule has 3 atom stereocenters. The monoisotopic (exact) mass is 367 g/mol.